The number of benzene rings is 2. The van der Waals surface area contributed by atoms with Crippen molar-refractivity contribution in [1.29, 1.82) is 0 Å². The van der Waals surface area contributed by atoms with Crippen LogP contribution < -0.4 is 37.2 Å². The average Bonchev–Trinajstić information content (AvgIpc) is 3.40. The van der Waals surface area contributed by atoms with E-state index in [4.69, 9.17) is 15.0 Å². The maximum atomic E-state index is 5.09. The van der Waals surface area contributed by atoms with E-state index in [0.29, 0.717) is 0 Å². The molecule has 11 heteroatoms. The van der Waals surface area contributed by atoms with Crippen LogP contribution in [0, 0.1) is 0 Å². The molecular formula is C27H31Cl3CoN7. The number of rotatable bonds is 8. The van der Waals surface area contributed by atoms with Crippen LogP contribution in [0.4, 0.5) is 0 Å². The number of hydrogen-bond acceptors (Lipinski definition) is 5. The molecule has 7 nitrogen and oxygen atoms in total. The Kier molecular flexibility index (Phi) is 13.2. The summed E-state index contributed by atoms with van der Waals surface area (Å²) in [5.74, 6) is 1.78. The van der Waals surface area contributed by atoms with Crippen molar-refractivity contribution in [2.24, 2.45) is 0 Å². The molecule has 0 bridgehead atoms. The van der Waals surface area contributed by atoms with Gasteiger partial charge in [0.25, 0.3) is 0 Å². The van der Waals surface area contributed by atoms with Gasteiger partial charge in [-0.1, -0.05) is 30.3 Å². The van der Waals surface area contributed by atoms with Crippen molar-refractivity contribution in [1.82, 2.24) is 33.9 Å². The number of pyridine rings is 1. The van der Waals surface area contributed by atoms with E-state index in [9.17, 15) is 0 Å². The number of imidazole rings is 2. The summed E-state index contributed by atoms with van der Waals surface area (Å²) in [5.41, 5.74) is 5.95. The van der Waals surface area contributed by atoms with E-state index in [1.165, 1.54) is 0 Å². The molecule has 0 aliphatic rings. The van der Waals surface area contributed by atoms with Crippen molar-refractivity contribution in [3.63, 3.8) is 0 Å². The number of halogens is 3. The van der Waals surface area contributed by atoms with E-state index in [2.05, 4.69) is 89.6 Å². The fourth-order valence-corrected chi connectivity index (χ4v) is 4.28. The third-order valence-corrected chi connectivity index (χ3v) is 6.06. The summed E-state index contributed by atoms with van der Waals surface area (Å²) < 4.78 is 4.55. The third kappa shape index (κ3) is 7.07. The van der Waals surface area contributed by atoms with Gasteiger partial charge >= 0.3 is 16.8 Å². The minimum Gasteiger partial charge on any atom is -1.00 e. The number of likely N-dealkylation sites (N-methyl/N-ethyl adjacent to an activating group) is 2. The molecule has 38 heavy (non-hydrogen) atoms. The molecule has 2 aromatic carbocycles. The van der Waals surface area contributed by atoms with E-state index >= 15 is 0 Å². The van der Waals surface area contributed by atoms with Crippen LogP contribution in [0.5, 0.6) is 0 Å². The standard InChI is InChI=1S/C27H31N7.3ClH.Co/c1-31(2)16-18-33-24-14-7-5-10-20(24)29-26(33)22-12-9-13-23(28-22)27-30-21-11-6-8-15-25(21)34(27)19-17-32(3)4;;;;/h5-15H,16-19H2,1-4H3;3*1H;/q;;;;+3/p-3. The van der Waals surface area contributed by atoms with Gasteiger partial charge in [-0.15, -0.1) is 0 Å². The van der Waals surface area contributed by atoms with Crippen molar-refractivity contribution in [3.05, 3.63) is 66.7 Å². The van der Waals surface area contributed by atoms with Gasteiger partial charge in [-0.3, -0.25) is 0 Å². The second kappa shape index (κ2) is 14.8. The second-order valence-electron chi connectivity index (χ2n) is 9.17. The Bertz CT molecular complexity index is 1340. The predicted molar refractivity (Wildman–Crippen MR) is 139 cm³/mol. The molecule has 0 aliphatic heterocycles. The molecule has 0 unspecified atom stereocenters. The Morgan fingerprint density at radius 1 is 0.553 bits per heavy atom. The van der Waals surface area contributed by atoms with Crippen LogP contribution in [0.3, 0.4) is 0 Å². The average molecular weight is 619 g/mol. The Labute approximate surface area is 253 Å². The molecule has 3 aromatic heterocycles. The summed E-state index contributed by atoms with van der Waals surface area (Å²) >= 11 is 0. The third-order valence-electron chi connectivity index (χ3n) is 6.06. The topological polar surface area (TPSA) is 55.0 Å². The fourth-order valence-electron chi connectivity index (χ4n) is 4.28. The van der Waals surface area contributed by atoms with Crippen LogP contribution >= 0.6 is 0 Å². The van der Waals surface area contributed by atoms with Crippen LogP contribution in [-0.2, 0) is 29.9 Å². The number of nitrogens with zero attached hydrogens (tertiary/aromatic N) is 7. The molecule has 0 spiro atoms. The minimum absolute atomic E-state index is 0. The monoisotopic (exact) mass is 617 g/mol. The molecule has 0 amide bonds. The Morgan fingerprint density at radius 3 is 1.34 bits per heavy atom. The zero-order valence-corrected chi connectivity index (χ0v) is 25.1. The first-order chi connectivity index (χ1) is 16.5. The maximum absolute atomic E-state index is 5.09. The number of hydrogen-bond donors (Lipinski definition) is 0. The molecule has 0 N–H and O–H groups in total. The van der Waals surface area contributed by atoms with Crippen LogP contribution in [-0.4, -0.2) is 75.2 Å². The molecule has 0 saturated heterocycles. The van der Waals surface area contributed by atoms with Gasteiger partial charge in [-0.25, -0.2) is 15.0 Å². The van der Waals surface area contributed by atoms with Crippen LogP contribution in [0.2, 0.25) is 0 Å². The van der Waals surface area contributed by atoms with Gasteiger partial charge in [-0.2, -0.15) is 0 Å². The molecular weight excluding hydrogens is 588 g/mol. The molecule has 0 radical (unpaired) electrons. The van der Waals surface area contributed by atoms with Crippen molar-refractivity contribution in [3.8, 4) is 23.0 Å². The Balaban J connectivity index is 0.00000180. The van der Waals surface area contributed by atoms with Gasteiger partial charge < -0.3 is 56.2 Å². The summed E-state index contributed by atoms with van der Waals surface area (Å²) in [5, 5.41) is 0. The first-order valence-corrected chi connectivity index (χ1v) is 11.7. The quantitative estimate of drug-likeness (QED) is 0.175. The fraction of sp³-hybridized carbons (Fsp3) is 0.296. The van der Waals surface area contributed by atoms with Gasteiger partial charge in [-0.05, 0) is 64.6 Å². The number of aromatic nitrogens is 5. The van der Waals surface area contributed by atoms with Crippen molar-refractivity contribution < 1.29 is 54.0 Å². The van der Waals surface area contributed by atoms with Crippen molar-refractivity contribution in [2.45, 2.75) is 13.1 Å². The van der Waals surface area contributed by atoms with Crippen LogP contribution in [0.15, 0.2) is 66.7 Å². The van der Waals surface area contributed by atoms with Crippen molar-refractivity contribution in [2.75, 3.05) is 41.3 Å². The van der Waals surface area contributed by atoms with E-state index < -0.39 is 0 Å². The molecule has 204 valence electrons. The van der Waals surface area contributed by atoms with Crippen LogP contribution in [0.1, 0.15) is 0 Å². The normalized spacial score (nSPS) is 10.7. The van der Waals surface area contributed by atoms with E-state index in [1.54, 1.807) is 0 Å². The summed E-state index contributed by atoms with van der Waals surface area (Å²) in [4.78, 5) is 19.4. The molecule has 3 heterocycles. The molecule has 5 rings (SSSR count). The van der Waals surface area contributed by atoms with Crippen molar-refractivity contribution >= 4 is 22.1 Å². The Hall–Kier alpha value is -2.17. The van der Waals surface area contributed by atoms with E-state index in [0.717, 1.165) is 71.3 Å². The molecule has 0 aliphatic carbocycles. The van der Waals surface area contributed by atoms with E-state index in [-0.39, 0.29) is 54.0 Å². The largest absolute Gasteiger partial charge is 3.00 e. The molecule has 0 saturated carbocycles. The predicted octanol–water partition coefficient (Wildman–Crippen LogP) is -4.75. The zero-order chi connectivity index (χ0) is 23.7. The minimum atomic E-state index is 0. The number of fused-ring (bicyclic) bond motifs is 2. The second-order valence-corrected chi connectivity index (χ2v) is 9.17. The molecule has 0 atom stereocenters. The zero-order valence-electron chi connectivity index (χ0n) is 21.8. The van der Waals surface area contributed by atoms with Crippen LogP contribution in [0.25, 0.3) is 45.1 Å². The number of para-hydroxylation sites is 4. The first-order valence-electron chi connectivity index (χ1n) is 11.7. The van der Waals surface area contributed by atoms with Gasteiger partial charge in [0.15, 0.2) is 11.6 Å². The first kappa shape index (κ1) is 33.9. The molecule has 0 fully saturated rings. The summed E-state index contributed by atoms with van der Waals surface area (Å²) in [6.45, 7) is 3.53. The van der Waals surface area contributed by atoms with E-state index in [1.807, 2.05) is 24.3 Å². The summed E-state index contributed by atoms with van der Waals surface area (Å²) in [7, 11) is 8.37. The van der Waals surface area contributed by atoms with Gasteiger partial charge in [0.05, 0.1) is 22.1 Å². The summed E-state index contributed by atoms with van der Waals surface area (Å²) in [6, 6.07) is 22.7. The maximum Gasteiger partial charge on any atom is 3.00 e. The summed E-state index contributed by atoms with van der Waals surface area (Å²) in [6.07, 6.45) is 0. The van der Waals surface area contributed by atoms with Gasteiger partial charge in [0.2, 0.25) is 0 Å². The smallest absolute Gasteiger partial charge is 1.00 e. The molecule has 5 aromatic rings. The SMILES string of the molecule is CN(C)CCn1c(-c2cccc(-c3nc4ccccc4n3CCN(C)C)n2)nc2ccccc21.[Cl-].[Cl-].[Cl-].[Co+3]. The van der Waals surface area contributed by atoms with Gasteiger partial charge in [0, 0.05) is 26.2 Å². The Morgan fingerprint density at radius 2 is 0.947 bits per heavy atom. The van der Waals surface area contributed by atoms with Gasteiger partial charge in [0.1, 0.15) is 11.4 Å².